The van der Waals surface area contributed by atoms with Crippen molar-refractivity contribution in [1.29, 1.82) is 0 Å². The number of benzene rings is 2. The number of fused-ring (bicyclic) bond motifs is 1. The number of hydrogen-bond donors (Lipinski definition) is 1. The number of hydrogen-bond acceptors (Lipinski definition) is 5. The van der Waals surface area contributed by atoms with E-state index in [-0.39, 0.29) is 16.5 Å². The van der Waals surface area contributed by atoms with Crippen LogP contribution in [0.5, 0.6) is 0 Å². The van der Waals surface area contributed by atoms with Crippen molar-refractivity contribution in [2.75, 3.05) is 11.5 Å². The minimum atomic E-state index is -3.83. The SMILES string of the molecule is CC1Cc2cc(S(N)(=O)=O)ccc2N1C(=O)COC(=O)c1ccc(F)cc1. The molecule has 2 aromatic carbocycles. The molecule has 1 aliphatic heterocycles. The second-order valence-electron chi connectivity index (χ2n) is 6.24. The van der Waals surface area contributed by atoms with Crippen molar-refractivity contribution in [3.05, 3.63) is 59.4 Å². The van der Waals surface area contributed by atoms with Gasteiger partial charge in [0.15, 0.2) is 6.61 Å². The van der Waals surface area contributed by atoms with E-state index in [1.165, 1.54) is 35.2 Å². The number of halogens is 1. The number of rotatable bonds is 4. The molecule has 3 rings (SSSR count). The summed E-state index contributed by atoms with van der Waals surface area (Å²) in [5.74, 6) is -1.66. The van der Waals surface area contributed by atoms with Gasteiger partial charge in [0, 0.05) is 11.7 Å². The Morgan fingerprint density at radius 3 is 2.52 bits per heavy atom. The van der Waals surface area contributed by atoms with Gasteiger partial charge in [0.2, 0.25) is 10.0 Å². The van der Waals surface area contributed by atoms with Gasteiger partial charge in [-0.2, -0.15) is 0 Å². The fourth-order valence-electron chi connectivity index (χ4n) is 3.03. The Kier molecular flexibility index (Phi) is 4.99. The Morgan fingerprint density at radius 1 is 1.22 bits per heavy atom. The molecule has 0 saturated carbocycles. The highest BCUT2D eigenvalue weighted by Crippen LogP contribution is 2.33. The lowest BCUT2D eigenvalue weighted by Crippen LogP contribution is -2.38. The van der Waals surface area contributed by atoms with Crippen LogP contribution in [0.1, 0.15) is 22.8 Å². The molecule has 0 aromatic heterocycles. The zero-order valence-electron chi connectivity index (χ0n) is 14.4. The van der Waals surface area contributed by atoms with Crippen molar-refractivity contribution >= 4 is 27.6 Å². The first-order chi connectivity index (χ1) is 12.7. The number of primary sulfonamides is 1. The second kappa shape index (κ2) is 7.09. The number of nitrogens with zero attached hydrogens (tertiary/aromatic N) is 1. The van der Waals surface area contributed by atoms with E-state index >= 15 is 0 Å². The van der Waals surface area contributed by atoms with E-state index in [4.69, 9.17) is 9.88 Å². The standard InChI is InChI=1S/C18H17FN2O5S/c1-11-8-13-9-15(27(20,24)25)6-7-16(13)21(11)17(22)10-26-18(23)12-2-4-14(19)5-3-12/h2-7,9,11H,8,10H2,1H3,(H2,20,24,25). The van der Waals surface area contributed by atoms with Crippen LogP contribution in [-0.2, 0) is 26.0 Å². The van der Waals surface area contributed by atoms with Crippen LogP contribution in [0.3, 0.4) is 0 Å². The van der Waals surface area contributed by atoms with Gasteiger partial charge in [-0.15, -0.1) is 0 Å². The Hall–Kier alpha value is -2.78. The molecule has 1 unspecified atom stereocenters. The van der Waals surface area contributed by atoms with Crippen LogP contribution in [-0.4, -0.2) is 32.9 Å². The van der Waals surface area contributed by atoms with Crippen LogP contribution >= 0.6 is 0 Å². The minimum absolute atomic E-state index is 0.0227. The summed E-state index contributed by atoms with van der Waals surface area (Å²) in [6, 6.07) is 8.84. The van der Waals surface area contributed by atoms with Crippen LogP contribution in [0.2, 0.25) is 0 Å². The molecule has 0 fully saturated rings. The average molecular weight is 392 g/mol. The number of esters is 1. The van der Waals surface area contributed by atoms with Gasteiger partial charge >= 0.3 is 5.97 Å². The highest BCUT2D eigenvalue weighted by Gasteiger charge is 2.32. The molecule has 1 heterocycles. The van der Waals surface area contributed by atoms with E-state index in [0.717, 1.165) is 12.1 Å². The topological polar surface area (TPSA) is 107 Å². The fourth-order valence-corrected chi connectivity index (χ4v) is 3.59. The van der Waals surface area contributed by atoms with Gasteiger partial charge in [0.1, 0.15) is 5.82 Å². The highest BCUT2D eigenvalue weighted by molar-refractivity contribution is 7.89. The van der Waals surface area contributed by atoms with Gasteiger partial charge in [0.05, 0.1) is 10.5 Å². The number of sulfonamides is 1. The smallest absolute Gasteiger partial charge is 0.338 e. The summed E-state index contributed by atoms with van der Waals surface area (Å²) in [5, 5.41) is 5.14. The number of anilines is 1. The summed E-state index contributed by atoms with van der Waals surface area (Å²) in [6.07, 6.45) is 0.455. The van der Waals surface area contributed by atoms with Crippen molar-refractivity contribution < 1.29 is 27.1 Å². The molecule has 27 heavy (non-hydrogen) atoms. The van der Waals surface area contributed by atoms with E-state index in [1.54, 1.807) is 6.92 Å². The maximum Gasteiger partial charge on any atom is 0.338 e. The summed E-state index contributed by atoms with van der Waals surface area (Å²) < 4.78 is 40.9. The molecule has 0 bridgehead atoms. The first-order valence-corrected chi connectivity index (χ1v) is 9.62. The molecule has 9 heteroatoms. The third-order valence-corrected chi connectivity index (χ3v) is 5.18. The zero-order valence-corrected chi connectivity index (χ0v) is 15.2. The van der Waals surface area contributed by atoms with Gasteiger partial charge in [-0.1, -0.05) is 0 Å². The number of carbonyl (C=O) groups excluding carboxylic acids is 2. The lowest BCUT2D eigenvalue weighted by Gasteiger charge is -2.22. The molecule has 1 atom stereocenters. The fraction of sp³-hybridized carbons (Fsp3) is 0.222. The average Bonchev–Trinajstić information content (AvgIpc) is 2.94. The van der Waals surface area contributed by atoms with E-state index in [1.807, 2.05) is 0 Å². The van der Waals surface area contributed by atoms with Gasteiger partial charge in [-0.3, -0.25) is 4.79 Å². The molecule has 142 valence electrons. The van der Waals surface area contributed by atoms with E-state index in [2.05, 4.69) is 0 Å². The highest BCUT2D eigenvalue weighted by atomic mass is 32.2. The lowest BCUT2D eigenvalue weighted by molar-refractivity contribution is -0.122. The summed E-state index contributed by atoms with van der Waals surface area (Å²) in [6.45, 7) is 1.31. The molecule has 7 nitrogen and oxygen atoms in total. The number of amides is 1. The molecule has 2 N–H and O–H groups in total. The maximum absolute atomic E-state index is 12.9. The van der Waals surface area contributed by atoms with Gasteiger partial charge in [0.25, 0.3) is 5.91 Å². The van der Waals surface area contributed by atoms with Crippen molar-refractivity contribution in [2.45, 2.75) is 24.3 Å². The lowest BCUT2D eigenvalue weighted by atomic mass is 10.1. The molecule has 0 saturated heterocycles. The summed E-state index contributed by atoms with van der Waals surface area (Å²) >= 11 is 0. The first kappa shape index (κ1) is 19.0. The summed E-state index contributed by atoms with van der Waals surface area (Å²) in [5.41, 5.74) is 1.36. The largest absolute Gasteiger partial charge is 0.452 e. The molecule has 1 amide bonds. The number of ether oxygens (including phenoxy) is 1. The van der Waals surface area contributed by atoms with Gasteiger partial charge < -0.3 is 9.64 Å². The van der Waals surface area contributed by atoms with Gasteiger partial charge in [-0.25, -0.2) is 22.7 Å². The quantitative estimate of drug-likeness (QED) is 0.796. The molecular weight excluding hydrogens is 375 g/mol. The Bertz CT molecular complexity index is 1000. The predicted molar refractivity (Wildman–Crippen MR) is 95.1 cm³/mol. The van der Waals surface area contributed by atoms with Crippen LogP contribution in [0, 0.1) is 5.82 Å². The molecule has 1 aliphatic rings. The second-order valence-corrected chi connectivity index (χ2v) is 7.80. The van der Waals surface area contributed by atoms with E-state index in [0.29, 0.717) is 17.7 Å². The molecule has 2 aromatic rings. The van der Waals surface area contributed by atoms with E-state index < -0.39 is 34.3 Å². The molecular formula is C18H17FN2O5S. The normalized spacial score (nSPS) is 16.1. The van der Waals surface area contributed by atoms with Gasteiger partial charge in [-0.05, 0) is 61.4 Å². The van der Waals surface area contributed by atoms with E-state index in [9.17, 15) is 22.4 Å². The zero-order chi connectivity index (χ0) is 19.8. The summed E-state index contributed by atoms with van der Waals surface area (Å²) in [7, 11) is -3.83. The third kappa shape index (κ3) is 3.99. The van der Waals surface area contributed by atoms with Crippen LogP contribution in [0.25, 0.3) is 0 Å². The van der Waals surface area contributed by atoms with Crippen molar-refractivity contribution in [3.63, 3.8) is 0 Å². The first-order valence-electron chi connectivity index (χ1n) is 8.07. The monoisotopic (exact) mass is 392 g/mol. The van der Waals surface area contributed by atoms with Crippen molar-refractivity contribution in [1.82, 2.24) is 0 Å². The Labute approximate surface area is 155 Å². The van der Waals surface area contributed by atoms with Crippen molar-refractivity contribution in [3.8, 4) is 0 Å². The minimum Gasteiger partial charge on any atom is -0.452 e. The third-order valence-electron chi connectivity index (χ3n) is 4.27. The van der Waals surface area contributed by atoms with Crippen molar-refractivity contribution in [2.24, 2.45) is 5.14 Å². The van der Waals surface area contributed by atoms with Crippen LogP contribution in [0.15, 0.2) is 47.4 Å². The molecule has 0 radical (unpaired) electrons. The molecule has 0 spiro atoms. The summed E-state index contributed by atoms with van der Waals surface area (Å²) in [4.78, 5) is 25.9. The number of nitrogens with two attached hydrogens (primary N) is 1. The molecule has 0 aliphatic carbocycles. The maximum atomic E-state index is 12.9. The Balaban J connectivity index is 1.72. The van der Waals surface area contributed by atoms with Crippen LogP contribution in [0.4, 0.5) is 10.1 Å². The number of carbonyl (C=O) groups is 2. The Morgan fingerprint density at radius 2 is 1.89 bits per heavy atom. The van der Waals surface area contributed by atoms with Crippen LogP contribution < -0.4 is 10.0 Å². The predicted octanol–water partition coefficient (Wildman–Crippen LogP) is 1.61.